The number of ether oxygens (including phenoxy) is 1. The Hall–Kier alpha value is -1.69. The molecule has 6 heteroatoms. The third kappa shape index (κ3) is 1.52. The molecule has 0 aromatic rings. The van der Waals surface area contributed by atoms with Gasteiger partial charge in [-0.15, -0.1) is 0 Å². The monoisotopic (exact) mass is 210 g/mol. The van der Waals surface area contributed by atoms with E-state index in [9.17, 15) is 9.59 Å². The quantitative estimate of drug-likeness (QED) is 0.467. The summed E-state index contributed by atoms with van der Waals surface area (Å²) in [5, 5.41) is 11.9. The number of nitrogens with zero attached hydrogens (tertiary/aromatic N) is 1. The molecule has 0 spiro atoms. The molecule has 1 saturated heterocycles. The number of nitrogens with one attached hydrogen (secondary N) is 1. The first-order valence-corrected chi connectivity index (χ1v) is 4.48. The molecule has 0 aromatic carbocycles. The van der Waals surface area contributed by atoms with Crippen LogP contribution in [0.2, 0.25) is 0 Å². The molecule has 0 aliphatic carbocycles. The second-order valence-electron chi connectivity index (χ2n) is 3.45. The SMILES string of the molecule is C=C(C=O)C(C(=O)O)C1=NC2CNC2O1. The lowest BCUT2D eigenvalue weighted by atomic mass is 10.0. The molecule has 0 radical (unpaired) electrons. The number of hydrogen-bond acceptors (Lipinski definition) is 5. The topological polar surface area (TPSA) is 88.0 Å². The fraction of sp³-hybridized carbons (Fsp3) is 0.444. The van der Waals surface area contributed by atoms with Crippen molar-refractivity contribution >= 4 is 18.2 Å². The predicted molar refractivity (Wildman–Crippen MR) is 50.4 cm³/mol. The highest BCUT2D eigenvalue weighted by Crippen LogP contribution is 2.24. The lowest BCUT2D eigenvalue weighted by Crippen LogP contribution is -2.54. The van der Waals surface area contributed by atoms with Crippen LogP contribution in [0, 0.1) is 5.92 Å². The van der Waals surface area contributed by atoms with E-state index in [1.54, 1.807) is 0 Å². The molecule has 80 valence electrons. The van der Waals surface area contributed by atoms with Gasteiger partial charge < -0.3 is 9.84 Å². The Labute approximate surface area is 85.6 Å². The van der Waals surface area contributed by atoms with Gasteiger partial charge in [-0.3, -0.25) is 14.9 Å². The molecule has 6 nitrogen and oxygen atoms in total. The van der Waals surface area contributed by atoms with Crippen molar-refractivity contribution in [2.75, 3.05) is 6.54 Å². The number of carboxylic acids is 1. The van der Waals surface area contributed by atoms with Gasteiger partial charge in [-0.1, -0.05) is 6.58 Å². The first-order chi connectivity index (χ1) is 7.13. The van der Waals surface area contributed by atoms with Crippen LogP contribution in [0.4, 0.5) is 0 Å². The molecular weight excluding hydrogens is 200 g/mol. The Balaban J connectivity index is 2.18. The van der Waals surface area contributed by atoms with E-state index in [0.29, 0.717) is 12.8 Å². The number of carbonyl (C=O) groups is 2. The minimum atomic E-state index is -1.17. The first kappa shape index (κ1) is 9.85. The number of aliphatic carboxylic acids is 1. The Bertz CT molecular complexity index is 363. The van der Waals surface area contributed by atoms with E-state index < -0.39 is 11.9 Å². The second-order valence-corrected chi connectivity index (χ2v) is 3.45. The van der Waals surface area contributed by atoms with Gasteiger partial charge in [-0.05, 0) is 0 Å². The number of carbonyl (C=O) groups excluding carboxylic acids is 1. The molecule has 3 atom stereocenters. The maximum atomic E-state index is 10.9. The summed E-state index contributed by atoms with van der Waals surface area (Å²) in [5.74, 6) is -2.26. The predicted octanol–water partition coefficient (Wildman–Crippen LogP) is -0.831. The lowest BCUT2D eigenvalue weighted by molar-refractivity contribution is -0.139. The van der Waals surface area contributed by atoms with Gasteiger partial charge in [0, 0.05) is 12.1 Å². The van der Waals surface area contributed by atoms with Gasteiger partial charge in [0.1, 0.15) is 12.3 Å². The summed E-state index contributed by atoms with van der Waals surface area (Å²) in [6, 6.07) is -0.0266. The fourth-order valence-corrected chi connectivity index (χ4v) is 1.51. The summed E-state index contributed by atoms with van der Waals surface area (Å²) in [6.07, 6.45) is 0.180. The Morgan fingerprint density at radius 1 is 1.80 bits per heavy atom. The van der Waals surface area contributed by atoms with E-state index in [1.165, 1.54) is 0 Å². The van der Waals surface area contributed by atoms with Gasteiger partial charge >= 0.3 is 5.97 Å². The molecule has 2 heterocycles. The minimum absolute atomic E-state index is 0.0266. The summed E-state index contributed by atoms with van der Waals surface area (Å²) in [7, 11) is 0. The number of hydrogen-bond donors (Lipinski definition) is 2. The average molecular weight is 210 g/mol. The van der Waals surface area contributed by atoms with E-state index in [4.69, 9.17) is 9.84 Å². The molecule has 15 heavy (non-hydrogen) atoms. The van der Waals surface area contributed by atoms with Crippen molar-refractivity contribution < 1.29 is 19.4 Å². The molecule has 0 bridgehead atoms. The van der Waals surface area contributed by atoms with Crippen LogP contribution in [0.25, 0.3) is 0 Å². The second kappa shape index (κ2) is 3.47. The number of rotatable bonds is 4. The van der Waals surface area contributed by atoms with E-state index in [-0.39, 0.29) is 23.7 Å². The van der Waals surface area contributed by atoms with E-state index >= 15 is 0 Å². The summed E-state index contributed by atoms with van der Waals surface area (Å²) in [5.41, 5.74) is -0.0532. The van der Waals surface area contributed by atoms with Gasteiger partial charge in [0.05, 0.1) is 0 Å². The van der Waals surface area contributed by atoms with Gasteiger partial charge in [0.15, 0.2) is 12.1 Å². The number of aliphatic imine (C=N–C) groups is 1. The average Bonchev–Trinajstić information content (AvgIpc) is 2.44. The lowest BCUT2D eigenvalue weighted by Gasteiger charge is -2.28. The third-order valence-corrected chi connectivity index (χ3v) is 2.43. The molecular formula is C9H10N2O4. The smallest absolute Gasteiger partial charge is 0.320 e. The van der Waals surface area contributed by atoms with Crippen molar-refractivity contribution in [1.82, 2.24) is 5.32 Å². The minimum Gasteiger partial charge on any atom is -0.480 e. The van der Waals surface area contributed by atoms with Crippen molar-refractivity contribution in [3.05, 3.63) is 12.2 Å². The van der Waals surface area contributed by atoms with Crippen LogP contribution >= 0.6 is 0 Å². The van der Waals surface area contributed by atoms with Gasteiger partial charge in [-0.25, -0.2) is 4.99 Å². The van der Waals surface area contributed by atoms with E-state index in [1.807, 2.05) is 0 Å². The van der Waals surface area contributed by atoms with Gasteiger partial charge in [0.2, 0.25) is 5.90 Å². The number of aldehydes is 1. The standard InChI is InChI=1S/C9H10N2O4/c1-4(3-12)6(9(13)14)8-11-5-2-10-7(5)15-8/h3,5-7,10H,1-2H2,(H,13,14). The fourth-order valence-electron chi connectivity index (χ4n) is 1.51. The maximum Gasteiger partial charge on any atom is 0.320 e. The molecule has 2 aliphatic rings. The molecule has 0 aromatic heterocycles. The molecule has 2 rings (SSSR count). The van der Waals surface area contributed by atoms with E-state index in [0.717, 1.165) is 0 Å². The normalized spacial score (nSPS) is 29.2. The maximum absolute atomic E-state index is 10.9. The summed E-state index contributed by atoms with van der Waals surface area (Å²) < 4.78 is 5.25. The number of carboxylic acid groups (broad SMARTS) is 1. The summed E-state index contributed by atoms with van der Waals surface area (Å²) >= 11 is 0. The Morgan fingerprint density at radius 3 is 2.87 bits per heavy atom. The van der Waals surface area contributed by atoms with Crippen molar-refractivity contribution in [3.63, 3.8) is 0 Å². The largest absolute Gasteiger partial charge is 0.480 e. The molecule has 3 unspecified atom stereocenters. The zero-order valence-corrected chi connectivity index (χ0v) is 7.84. The molecule has 0 saturated carbocycles. The van der Waals surface area contributed by atoms with Gasteiger partial charge in [0.25, 0.3) is 0 Å². The third-order valence-electron chi connectivity index (χ3n) is 2.43. The first-order valence-electron chi connectivity index (χ1n) is 4.48. The zero-order valence-electron chi connectivity index (χ0n) is 7.84. The van der Waals surface area contributed by atoms with Crippen molar-refractivity contribution in [2.45, 2.75) is 12.3 Å². The molecule has 1 fully saturated rings. The van der Waals surface area contributed by atoms with Crippen LogP contribution in [0.1, 0.15) is 0 Å². The zero-order chi connectivity index (χ0) is 11.0. The van der Waals surface area contributed by atoms with Crippen LogP contribution in [0.15, 0.2) is 17.1 Å². The van der Waals surface area contributed by atoms with Gasteiger partial charge in [-0.2, -0.15) is 0 Å². The van der Waals surface area contributed by atoms with Crippen LogP contribution in [0.3, 0.4) is 0 Å². The van der Waals surface area contributed by atoms with Crippen LogP contribution in [-0.2, 0) is 14.3 Å². The Morgan fingerprint density at radius 2 is 2.53 bits per heavy atom. The van der Waals surface area contributed by atoms with E-state index in [2.05, 4.69) is 16.9 Å². The van der Waals surface area contributed by atoms with Crippen LogP contribution in [0.5, 0.6) is 0 Å². The van der Waals surface area contributed by atoms with Crippen molar-refractivity contribution in [2.24, 2.45) is 10.9 Å². The summed E-state index contributed by atoms with van der Waals surface area (Å²) in [4.78, 5) is 25.5. The number of fused-ring (bicyclic) bond motifs is 1. The summed E-state index contributed by atoms with van der Waals surface area (Å²) in [6.45, 7) is 4.05. The highest BCUT2D eigenvalue weighted by molar-refractivity contribution is 6.05. The highest BCUT2D eigenvalue weighted by atomic mass is 16.5. The van der Waals surface area contributed by atoms with Crippen LogP contribution in [-0.4, -0.2) is 42.1 Å². The molecule has 2 N–H and O–H groups in total. The van der Waals surface area contributed by atoms with Crippen molar-refractivity contribution in [3.8, 4) is 0 Å². The highest BCUT2D eigenvalue weighted by Gasteiger charge is 2.43. The van der Waals surface area contributed by atoms with Crippen LogP contribution < -0.4 is 5.32 Å². The van der Waals surface area contributed by atoms with Crippen molar-refractivity contribution in [1.29, 1.82) is 0 Å². The Kier molecular flexibility index (Phi) is 2.28. The molecule has 2 aliphatic heterocycles. The molecule has 0 amide bonds.